The molecule has 0 spiro atoms. The molecule has 1 rings (SSSR count). The number of esters is 1. The van der Waals surface area contributed by atoms with Gasteiger partial charge in [-0.2, -0.15) is 0 Å². The molecule has 1 aromatic rings. The van der Waals surface area contributed by atoms with Crippen molar-refractivity contribution in [1.29, 1.82) is 0 Å². The standard InChI is InChI=1S/C13H16ClNO4/c1-13(2,3)7-8-19-12(16)9-5-4-6-10(14)11(9)15(17)18/h4-6H,7-8H2,1-3H3. The van der Waals surface area contributed by atoms with Gasteiger partial charge in [-0.1, -0.05) is 38.4 Å². The molecule has 0 radical (unpaired) electrons. The Hall–Kier alpha value is -1.62. The highest BCUT2D eigenvalue weighted by molar-refractivity contribution is 6.33. The highest BCUT2D eigenvalue weighted by Gasteiger charge is 2.25. The van der Waals surface area contributed by atoms with E-state index in [-0.39, 0.29) is 22.6 Å². The second-order valence-corrected chi connectivity index (χ2v) is 5.75. The van der Waals surface area contributed by atoms with Gasteiger partial charge in [0, 0.05) is 0 Å². The summed E-state index contributed by atoms with van der Waals surface area (Å²) in [7, 11) is 0. The van der Waals surface area contributed by atoms with E-state index in [4.69, 9.17) is 16.3 Å². The van der Waals surface area contributed by atoms with Crippen LogP contribution in [0.2, 0.25) is 5.02 Å². The van der Waals surface area contributed by atoms with E-state index in [9.17, 15) is 14.9 Å². The first-order valence-electron chi connectivity index (χ1n) is 5.82. The fourth-order valence-electron chi connectivity index (χ4n) is 1.39. The minimum atomic E-state index is -0.724. The Bertz CT molecular complexity index is 494. The van der Waals surface area contributed by atoms with Crippen LogP contribution in [0.5, 0.6) is 0 Å². The predicted octanol–water partition coefficient (Wildman–Crippen LogP) is 3.84. The molecule has 0 bridgehead atoms. The van der Waals surface area contributed by atoms with Crippen LogP contribution in [0.4, 0.5) is 5.69 Å². The Morgan fingerprint density at radius 3 is 2.58 bits per heavy atom. The highest BCUT2D eigenvalue weighted by atomic mass is 35.5. The van der Waals surface area contributed by atoms with Crippen molar-refractivity contribution in [2.75, 3.05) is 6.61 Å². The molecular weight excluding hydrogens is 270 g/mol. The minimum absolute atomic E-state index is 0.0283. The normalized spacial score (nSPS) is 11.2. The number of benzene rings is 1. The number of nitro benzene ring substituents is 1. The summed E-state index contributed by atoms with van der Waals surface area (Å²) in [6, 6.07) is 4.19. The van der Waals surface area contributed by atoms with Crippen molar-refractivity contribution in [2.24, 2.45) is 5.41 Å². The maximum atomic E-state index is 11.8. The van der Waals surface area contributed by atoms with Gasteiger partial charge >= 0.3 is 11.7 Å². The van der Waals surface area contributed by atoms with Gasteiger partial charge in [-0.15, -0.1) is 0 Å². The Kier molecular flexibility index (Phi) is 4.89. The smallest absolute Gasteiger partial charge is 0.345 e. The number of carbonyl (C=O) groups excluding carboxylic acids is 1. The summed E-state index contributed by atoms with van der Waals surface area (Å²) in [6.07, 6.45) is 0.674. The molecule has 5 nitrogen and oxygen atoms in total. The molecule has 0 amide bonds. The van der Waals surface area contributed by atoms with Crippen molar-refractivity contribution in [2.45, 2.75) is 27.2 Å². The van der Waals surface area contributed by atoms with Crippen LogP contribution in [0.3, 0.4) is 0 Å². The zero-order valence-corrected chi connectivity index (χ0v) is 11.9. The van der Waals surface area contributed by atoms with Gasteiger partial charge in [0.15, 0.2) is 0 Å². The Morgan fingerprint density at radius 1 is 1.42 bits per heavy atom. The lowest BCUT2D eigenvalue weighted by Gasteiger charge is -2.17. The van der Waals surface area contributed by atoms with E-state index >= 15 is 0 Å². The van der Waals surface area contributed by atoms with Gasteiger partial charge in [0.25, 0.3) is 0 Å². The molecule has 19 heavy (non-hydrogen) atoms. The van der Waals surface area contributed by atoms with Crippen molar-refractivity contribution < 1.29 is 14.5 Å². The van der Waals surface area contributed by atoms with E-state index in [2.05, 4.69) is 0 Å². The van der Waals surface area contributed by atoms with Gasteiger partial charge in [-0.25, -0.2) is 4.79 Å². The molecule has 0 aliphatic carbocycles. The predicted molar refractivity (Wildman–Crippen MR) is 72.5 cm³/mol. The first kappa shape index (κ1) is 15.4. The maximum Gasteiger partial charge on any atom is 0.345 e. The molecule has 0 aliphatic heterocycles. The summed E-state index contributed by atoms with van der Waals surface area (Å²) in [5.41, 5.74) is -0.503. The number of rotatable bonds is 4. The summed E-state index contributed by atoms with van der Waals surface area (Å²) in [5, 5.41) is 10.8. The topological polar surface area (TPSA) is 69.4 Å². The van der Waals surface area contributed by atoms with Crippen LogP contribution in [-0.4, -0.2) is 17.5 Å². The Balaban J connectivity index is 2.83. The third kappa shape index (κ3) is 4.52. The minimum Gasteiger partial charge on any atom is -0.462 e. The molecule has 1 aromatic carbocycles. The number of hydrogen-bond acceptors (Lipinski definition) is 4. The molecule has 0 fully saturated rings. The highest BCUT2D eigenvalue weighted by Crippen LogP contribution is 2.29. The Labute approximate surface area is 116 Å². The van der Waals surface area contributed by atoms with E-state index in [1.807, 2.05) is 20.8 Å². The molecule has 0 heterocycles. The number of nitro groups is 1. The largest absolute Gasteiger partial charge is 0.462 e. The van der Waals surface area contributed by atoms with Gasteiger partial charge in [-0.05, 0) is 24.0 Å². The average Bonchev–Trinajstić information content (AvgIpc) is 2.26. The van der Waals surface area contributed by atoms with Crippen LogP contribution in [0, 0.1) is 15.5 Å². The fraction of sp³-hybridized carbons (Fsp3) is 0.462. The molecule has 0 N–H and O–H groups in total. The van der Waals surface area contributed by atoms with Gasteiger partial charge < -0.3 is 4.74 Å². The van der Waals surface area contributed by atoms with Crippen molar-refractivity contribution in [3.05, 3.63) is 38.9 Å². The molecule has 104 valence electrons. The lowest BCUT2D eigenvalue weighted by atomic mass is 9.93. The molecule has 0 saturated carbocycles. The van der Waals surface area contributed by atoms with Crippen molar-refractivity contribution in [3.8, 4) is 0 Å². The molecule has 0 aromatic heterocycles. The number of hydrogen-bond donors (Lipinski definition) is 0. The quantitative estimate of drug-likeness (QED) is 0.479. The number of nitrogens with zero attached hydrogens (tertiary/aromatic N) is 1. The van der Waals surface area contributed by atoms with Crippen molar-refractivity contribution in [1.82, 2.24) is 0 Å². The summed E-state index contributed by atoms with van der Waals surface area (Å²) in [6.45, 7) is 6.26. The van der Waals surface area contributed by atoms with Crippen LogP contribution in [0.15, 0.2) is 18.2 Å². The lowest BCUT2D eigenvalue weighted by molar-refractivity contribution is -0.385. The number of halogens is 1. The van der Waals surface area contributed by atoms with E-state index < -0.39 is 16.6 Å². The number of ether oxygens (including phenoxy) is 1. The number of carbonyl (C=O) groups is 1. The average molecular weight is 286 g/mol. The number of para-hydroxylation sites is 1. The fourth-order valence-corrected chi connectivity index (χ4v) is 1.64. The zero-order valence-electron chi connectivity index (χ0n) is 11.1. The van der Waals surface area contributed by atoms with Crippen LogP contribution >= 0.6 is 11.6 Å². The SMILES string of the molecule is CC(C)(C)CCOC(=O)c1cccc(Cl)c1[N+](=O)[O-]. The van der Waals surface area contributed by atoms with Crippen LogP contribution in [0.1, 0.15) is 37.6 Å². The molecule has 0 saturated heterocycles. The zero-order chi connectivity index (χ0) is 14.6. The van der Waals surface area contributed by atoms with Crippen LogP contribution in [0.25, 0.3) is 0 Å². The van der Waals surface area contributed by atoms with E-state index in [0.717, 1.165) is 0 Å². The second kappa shape index (κ2) is 6.02. The van der Waals surface area contributed by atoms with E-state index in [1.165, 1.54) is 18.2 Å². The molecule has 0 atom stereocenters. The molecular formula is C13H16ClNO4. The maximum absolute atomic E-state index is 11.8. The first-order chi connectivity index (χ1) is 8.72. The van der Waals surface area contributed by atoms with E-state index in [0.29, 0.717) is 6.42 Å². The molecule has 6 heteroatoms. The molecule has 0 unspecified atom stereocenters. The van der Waals surface area contributed by atoms with Gasteiger partial charge in [0.1, 0.15) is 10.6 Å². The monoisotopic (exact) mass is 285 g/mol. The van der Waals surface area contributed by atoms with Gasteiger partial charge in [0.2, 0.25) is 0 Å². The second-order valence-electron chi connectivity index (χ2n) is 5.34. The van der Waals surface area contributed by atoms with Crippen molar-refractivity contribution in [3.63, 3.8) is 0 Å². The first-order valence-corrected chi connectivity index (χ1v) is 6.20. The summed E-state index contributed by atoms with van der Waals surface area (Å²) >= 11 is 5.73. The summed E-state index contributed by atoms with van der Waals surface area (Å²) in [4.78, 5) is 22.0. The van der Waals surface area contributed by atoms with Crippen LogP contribution < -0.4 is 0 Å². The summed E-state index contributed by atoms with van der Waals surface area (Å²) < 4.78 is 5.05. The lowest BCUT2D eigenvalue weighted by Crippen LogP contribution is -2.14. The third-order valence-electron chi connectivity index (χ3n) is 2.47. The van der Waals surface area contributed by atoms with Gasteiger partial charge in [0.05, 0.1) is 11.5 Å². The van der Waals surface area contributed by atoms with Gasteiger partial charge in [-0.3, -0.25) is 10.1 Å². The summed E-state index contributed by atoms with van der Waals surface area (Å²) in [5.74, 6) is -0.724. The Morgan fingerprint density at radius 2 is 2.05 bits per heavy atom. The van der Waals surface area contributed by atoms with Crippen molar-refractivity contribution >= 4 is 23.3 Å². The van der Waals surface area contributed by atoms with E-state index in [1.54, 1.807) is 0 Å². The molecule has 0 aliphatic rings. The third-order valence-corrected chi connectivity index (χ3v) is 2.78. The van der Waals surface area contributed by atoms with Crippen LogP contribution in [-0.2, 0) is 4.74 Å².